The number of carbonyl (C=O) groups excluding carboxylic acids is 1. The van der Waals surface area contributed by atoms with Gasteiger partial charge in [-0.2, -0.15) is 10.2 Å². The first-order valence-corrected chi connectivity index (χ1v) is 9.49. The van der Waals surface area contributed by atoms with Crippen molar-refractivity contribution in [2.24, 2.45) is 0 Å². The maximum atomic E-state index is 13.1. The Kier molecular flexibility index (Phi) is 4.40. The van der Waals surface area contributed by atoms with Gasteiger partial charge in [-0.05, 0) is 48.9 Å². The summed E-state index contributed by atoms with van der Waals surface area (Å²) in [4.78, 5) is 14.5. The summed E-state index contributed by atoms with van der Waals surface area (Å²) in [5.74, 6) is 0.302. The average Bonchev–Trinajstić information content (AvgIpc) is 3.50. The van der Waals surface area contributed by atoms with Crippen LogP contribution in [0.15, 0.2) is 55.1 Å². The van der Waals surface area contributed by atoms with E-state index >= 15 is 0 Å². The van der Waals surface area contributed by atoms with Gasteiger partial charge < -0.3 is 10.6 Å². The number of nitrogens with one attached hydrogen (secondary N) is 3. The summed E-state index contributed by atoms with van der Waals surface area (Å²) in [6, 6.07) is 9.31. The van der Waals surface area contributed by atoms with E-state index in [9.17, 15) is 4.79 Å². The number of aryl methyl sites for hydroxylation is 2. The number of nitrogens with zero attached hydrogens (tertiary/aromatic N) is 7. The molecule has 11 nitrogen and oxygen atoms in total. The predicted molar refractivity (Wildman–Crippen MR) is 114 cm³/mol. The van der Waals surface area contributed by atoms with E-state index in [0.29, 0.717) is 28.3 Å². The molecule has 0 aliphatic heterocycles. The number of hydrogen-bond donors (Lipinski definition) is 3. The van der Waals surface area contributed by atoms with Gasteiger partial charge in [-0.25, -0.2) is 4.52 Å². The van der Waals surface area contributed by atoms with Crippen LogP contribution in [0.4, 0.5) is 17.1 Å². The summed E-state index contributed by atoms with van der Waals surface area (Å²) in [5.41, 5.74) is 5.03. The van der Waals surface area contributed by atoms with Gasteiger partial charge in [-0.1, -0.05) is 6.07 Å². The smallest absolute Gasteiger partial charge is 0.259 e. The number of H-pyrrole nitrogens is 1. The molecule has 0 fully saturated rings. The zero-order valence-electron chi connectivity index (χ0n) is 16.7. The SMILES string of the molecule is Cc1nnn(-c2ccc(C)c(NC(=O)c3cnn4ccc(Nc5cn[nH]c5)cc34)c2)n1. The van der Waals surface area contributed by atoms with E-state index in [2.05, 4.69) is 41.3 Å². The standard InChI is InChI=1S/C20H18N10O/c1-12-3-4-16(30-27-13(2)26-28-30)8-18(12)25-20(31)17-11-23-29-6-5-14(7-19(17)29)24-15-9-21-22-10-15/h3-11,24H,1-2H3,(H,21,22)(H,25,31). The van der Waals surface area contributed by atoms with Crippen molar-refractivity contribution in [1.82, 2.24) is 40.0 Å². The fourth-order valence-corrected chi connectivity index (χ4v) is 3.17. The van der Waals surface area contributed by atoms with Crippen molar-refractivity contribution >= 4 is 28.5 Å². The van der Waals surface area contributed by atoms with Crippen LogP contribution in [0, 0.1) is 13.8 Å². The van der Waals surface area contributed by atoms with Gasteiger partial charge in [-0.15, -0.1) is 15.0 Å². The second kappa shape index (κ2) is 7.37. The Morgan fingerprint density at radius 1 is 1.10 bits per heavy atom. The molecule has 5 rings (SSSR count). The highest BCUT2D eigenvalue weighted by atomic mass is 16.1. The Balaban J connectivity index is 1.44. The number of pyridine rings is 1. The van der Waals surface area contributed by atoms with E-state index in [1.807, 2.05) is 37.3 Å². The van der Waals surface area contributed by atoms with Crippen LogP contribution in [-0.2, 0) is 0 Å². The Bertz CT molecular complexity index is 1380. The molecule has 31 heavy (non-hydrogen) atoms. The molecular weight excluding hydrogens is 396 g/mol. The van der Waals surface area contributed by atoms with Crippen molar-refractivity contribution in [2.75, 3.05) is 10.6 Å². The number of rotatable bonds is 5. The van der Waals surface area contributed by atoms with E-state index < -0.39 is 0 Å². The summed E-state index contributed by atoms with van der Waals surface area (Å²) in [5, 5.41) is 29.3. The fourth-order valence-electron chi connectivity index (χ4n) is 3.17. The Morgan fingerprint density at radius 3 is 2.77 bits per heavy atom. The number of hydrogen-bond acceptors (Lipinski definition) is 7. The molecule has 0 aliphatic rings. The number of carbonyl (C=O) groups is 1. The third-order valence-electron chi connectivity index (χ3n) is 4.77. The van der Waals surface area contributed by atoms with Crippen LogP contribution in [0.5, 0.6) is 0 Å². The molecule has 11 heteroatoms. The highest BCUT2D eigenvalue weighted by Gasteiger charge is 2.15. The molecule has 5 aromatic rings. The maximum Gasteiger partial charge on any atom is 0.259 e. The van der Waals surface area contributed by atoms with Crippen LogP contribution < -0.4 is 10.6 Å². The molecular formula is C20H18N10O. The number of aromatic nitrogens is 8. The first-order valence-electron chi connectivity index (χ1n) is 9.49. The van der Waals surface area contributed by atoms with Crippen LogP contribution in [0.25, 0.3) is 11.2 Å². The maximum absolute atomic E-state index is 13.1. The van der Waals surface area contributed by atoms with Gasteiger partial charge in [-0.3, -0.25) is 9.89 Å². The highest BCUT2D eigenvalue weighted by Crippen LogP contribution is 2.23. The van der Waals surface area contributed by atoms with E-state index in [1.165, 1.54) is 4.80 Å². The lowest BCUT2D eigenvalue weighted by atomic mass is 10.1. The molecule has 3 N–H and O–H groups in total. The van der Waals surface area contributed by atoms with Crippen LogP contribution in [0.3, 0.4) is 0 Å². The average molecular weight is 414 g/mol. The largest absolute Gasteiger partial charge is 0.353 e. The molecule has 0 radical (unpaired) electrons. The Morgan fingerprint density at radius 2 is 2.00 bits per heavy atom. The van der Waals surface area contributed by atoms with Gasteiger partial charge in [0.25, 0.3) is 5.91 Å². The number of benzene rings is 1. The lowest BCUT2D eigenvalue weighted by Crippen LogP contribution is -2.13. The molecule has 0 saturated heterocycles. The number of fused-ring (bicyclic) bond motifs is 1. The molecule has 0 bridgehead atoms. The zero-order chi connectivity index (χ0) is 21.4. The van der Waals surface area contributed by atoms with Crippen LogP contribution in [-0.4, -0.2) is 45.9 Å². The minimum atomic E-state index is -0.265. The summed E-state index contributed by atoms with van der Waals surface area (Å²) in [6.45, 7) is 3.68. The number of amides is 1. The lowest BCUT2D eigenvalue weighted by molar-refractivity contribution is 0.102. The molecule has 1 amide bonds. The van der Waals surface area contributed by atoms with Crippen molar-refractivity contribution in [1.29, 1.82) is 0 Å². The number of tetrazole rings is 1. The molecule has 0 saturated carbocycles. The van der Waals surface area contributed by atoms with Gasteiger partial charge >= 0.3 is 0 Å². The van der Waals surface area contributed by atoms with Crippen molar-refractivity contribution in [3.63, 3.8) is 0 Å². The Labute approximate surface area is 176 Å². The lowest BCUT2D eigenvalue weighted by Gasteiger charge is -2.10. The van der Waals surface area contributed by atoms with Crippen LogP contribution >= 0.6 is 0 Å². The third-order valence-corrected chi connectivity index (χ3v) is 4.77. The number of anilines is 3. The van der Waals surface area contributed by atoms with Gasteiger partial charge in [0.2, 0.25) is 0 Å². The van der Waals surface area contributed by atoms with E-state index in [1.54, 1.807) is 36.2 Å². The van der Waals surface area contributed by atoms with Crippen LogP contribution in [0.2, 0.25) is 0 Å². The van der Waals surface area contributed by atoms with E-state index in [0.717, 1.165) is 16.9 Å². The summed E-state index contributed by atoms with van der Waals surface area (Å²) in [7, 11) is 0. The van der Waals surface area contributed by atoms with Crippen molar-refractivity contribution in [2.45, 2.75) is 13.8 Å². The molecule has 0 atom stereocenters. The molecule has 4 heterocycles. The minimum Gasteiger partial charge on any atom is -0.353 e. The fraction of sp³-hybridized carbons (Fsp3) is 0.100. The first-order chi connectivity index (χ1) is 15.1. The van der Waals surface area contributed by atoms with Gasteiger partial charge in [0.1, 0.15) is 0 Å². The van der Waals surface area contributed by atoms with E-state index in [-0.39, 0.29) is 5.91 Å². The minimum absolute atomic E-state index is 0.265. The molecule has 1 aromatic carbocycles. The second-order valence-electron chi connectivity index (χ2n) is 6.99. The molecule has 0 spiro atoms. The normalized spacial score (nSPS) is 11.0. The monoisotopic (exact) mass is 414 g/mol. The topological polar surface area (TPSA) is 131 Å². The van der Waals surface area contributed by atoms with Gasteiger partial charge in [0.05, 0.1) is 34.8 Å². The quantitative estimate of drug-likeness (QED) is 0.403. The predicted octanol–water partition coefficient (Wildman–Crippen LogP) is 2.65. The third kappa shape index (κ3) is 3.59. The van der Waals surface area contributed by atoms with Crippen molar-refractivity contribution < 1.29 is 4.79 Å². The van der Waals surface area contributed by atoms with Crippen molar-refractivity contribution in [3.8, 4) is 5.69 Å². The summed E-state index contributed by atoms with van der Waals surface area (Å²) >= 11 is 0. The summed E-state index contributed by atoms with van der Waals surface area (Å²) in [6.07, 6.45) is 6.76. The Hall–Kier alpha value is -4.54. The highest BCUT2D eigenvalue weighted by molar-refractivity contribution is 6.09. The van der Waals surface area contributed by atoms with Gasteiger partial charge in [0.15, 0.2) is 5.82 Å². The van der Waals surface area contributed by atoms with Crippen molar-refractivity contribution in [3.05, 3.63) is 72.1 Å². The van der Waals surface area contributed by atoms with Crippen LogP contribution in [0.1, 0.15) is 21.7 Å². The van der Waals surface area contributed by atoms with E-state index in [4.69, 9.17) is 0 Å². The second-order valence-corrected chi connectivity index (χ2v) is 6.99. The van der Waals surface area contributed by atoms with Gasteiger partial charge in [0, 0.05) is 23.8 Å². The first kappa shape index (κ1) is 18.5. The molecule has 0 unspecified atom stereocenters. The molecule has 154 valence electrons. The number of aromatic amines is 1. The molecule has 4 aromatic heterocycles. The zero-order valence-corrected chi connectivity index (χ0v) is 16.7. The molecule has 0 aliphatic carbocycles. The summed E-state index contributed by atoms with van der Waals surface area (Å²) < 4.78 is 1.65.